The molecule has 0 fully saturated rings. The number of aliphatic hydroxyl groups excluding tert-OH is 1. The molecule has 0 amide bonds. The molecule has 0 spiro atoms. The molecule has 4 nitrogen and oxygen atoms in total. The van der Waals surface area contributed by atoms with Crippen molar-refractivity contribution >= 4 is 0 Å². The van der Waals surface area contributed by atoms with E-state index in [2.05, 4.69) is 6.92 Å². The molecule has 2 aromatic carbocycles. The van der Waals surface area contributed by atoms with Gasteiger partial charge < -0.3 is 19.3 Å². The molecule has 1 unspecified atom stereocenters. The van der Waals surface area contributed by atoms with E-state index in [0.717, 1.165) is 19.3 Å². The predicted molar refractivity (Wildman–Crippen MR) is 95.0 cm³/mol. The second-order valence-electron chi connectivity index (χ2n) is 5.76. The first-order valence-electron chi connectivity index (χ1n) is 8.43. The molecule has 0 saturated carbocycles. The van der Waals surface area contributed by atoms with E-state index in [1.165, 1.54) is 20.3 Å². The molecule has 0 aliphatic heterocycles. The summed E-state index contributed by atoms with van der Waals surface area (Å²) < 4.78 is 30.3. The Morgan fingerprint density at radius 1 is 1.00 bits per heavy atom. The van der Waals surface area contributed by atoms with Crippen LogP contribution in [0.25, 0.3) is 0 Å². The number of aliphatic hydroxyl groups is 1. The second kappa shape index (κ2) is 9.28. The van der Waals surface area contributed by atoms with Crippen molar-refractivity contribution < 1.29 is 23.7 Å². The van der Waals surface area contributed by atoms with Crippen molar-refractivity contribution in [1.82, 2.24) is 0 Å². The van der Waals surface area contributed by atoms with Gasteiger partial charge in [-0.25, -0.2) is 4.39 Å². The molecule has 5 heteroatoms. The molecule has 1 atom stereocenters. The van der Waals surface area contributed by atoms with Crippen LogP contribution < -0.4 is 14.2 Å². The minimum absolute atomic E-state index is 0.188. The van der Waals surface area contributed by atoms with Crippen molar-refractivity contribution in [2.75, 3.05) is 20.8 Å². The molecular formula is C20H25FO4. The van der Waals surface area contributed by atoms with Gasteiger partial charge in [0.05, 0.1) is 20.8 Å². The highest BCUT2D eigenvalue weighted by atomic mass is 19.1. The third-order valence-electron chi connectivity index (χ3n) is 4.01. The summed E-state index contributed by atoms with van der Waals surface area (Å²) in [5, 5.41) is 10.5. The largest absolute Gasteiger partial charge is 0.493 e. The van der Waals surface area contributed by atoms with Crippen LogP contribution in [0.4, 0.5) is 4.39 Å². The number of methoxy groups -OCH3 is 2. The third kappa shape index (κ3) is 4.86. The molecule has 136 valence electrons. The summed E-state index contributed by atoms with van der Waals surface area (Å²) in [5.41, 5.74) is 0.710. The van der Waals surface area contributed by atoms with Crippen LogP contribution in [0, 0.1) is 5.82 Å². The fourth-order valence-corrected chi connectivity index (χ4v) is 2.56. The Kier molecular flexibility index (Phi) is 7.07. The van der Waals surface area contributed by atoms with Crippen LogP contribution >= 0.6 is 0 Å². The smallest absolute Gasteiger partial charge is 0.161 e. The number of benzene rings is 2. The van der Waals surface area contributed by atoms with Crippen LogP contribution in [0.3, 0.4) is 0 Å². The van der Waals surface area contributed by atoms with Gasteiger partial charge in [0.2, 0.25) is 0 Å². The lowest BCUT2D eigenvalue weighted by atomic mass is 10.0. The van der Waals surface area contributed by atoms with Crippen LogP contribution in [0.5, 0.6) is 17.2 Å². The average molecular weight is 348 g/mol. The zero-order valence-corrected chi connectivity index (χ0v) is 14.9. The van der Waals surface area contributed by atoms with Crippen molar-refractivity contribution in [3.8, 4) is 17.2 Å². The maximum atomic E-state index is 14.4. The van der Waals surface area contributed by atoms with Gasteiger partial charge >= 0.3 is 0 Å². The molecule has 0 heterocycles. The van der Waals surface area contributed by atoms with Gasteiger partial charge in [-0.05, 0) is 36.2 Å². The standard InChI is InChI=1S/C20H25FO4/c1-4-5-6-11-25-15-8-9-16(17(21)13-15)20(22)14-7-10-18(23-2)19(12-14)24-3/h7-10,12-13,20,22H,4-6,11H2,1-3H3. The summed E-state index contributed by atoms with van der Waals surface area (Å²) >= 11 is 0. The van der Waals surface area contributed by atoms with Gasteiger partial charge in [-0.3, -0.25) is 0 Å². The van der Waals surface area contributed by atoms with E-state index in [0.29, 0.717) is 29.4 Å². The van der Waals surface area contributed by atoms with Crippen LogP contribution in [0.1, 0.15) is 43.4 Å². The maximum Gasteiger partial charge on any atom is 0.161 e. The quantitative estimate of drug-likeness (QED) is 0.678. The molecule has 1 N–H and O–H groups in total. The van der Waals surface area contributed by atoms with E-state index in [1.54, 1.807) is 30.3 Å². The van der Waals surface area contributed by atoms with E-state index < -0.39 is 11.9 Å². The average Bonchev–Trinajstić information content (AvgIpc) is 2.64. The first-order valence-corrected chi connectivity index (χ1v) is 8.43. The highest BCUT2D eigenvalue weighted by molar-refractivity contribution is 5.45. The number of rotatable bonds is 9. The van der Waals surface area contributed by atoms with E-state index in [4.69, 9.17) is 14.2 Å². The van der Waals surface area contributed by atoms with Crippen LogP contribution in [-0.2, 0) is 0 Å². The zero-order chi connectivity index (χ0) is 18.2. The predicted octanol–water partition coefficient (Wildman–Crippen LogP) is 4.49. The summed E-state index contributed by atoms with van der Waals surface area (Å²) in [6, 6.07) is 9.53. The molecule has 0 aromatic heterocycles. The molecule has 2 aromatic rings. The Balaban J connectivity index is 2.15. The van der Waals surface area contributed by atoms with Gasteiger partial charge in [-0.2, -0.15) is 0 Å². The van der Waals surface area contributed by atoms with Gasteiger partial charge in [0.25, 0.3) is 0 Å². The lowest BCUT2D eigenvalue weighted by Crippen LogP contribution is -2.04. The Labute approximate surface area is 148 Å². The summed E-state index contributed by atoms with van der Waals surface area (Å²) in [5.74, 6) is 0.997. The van der Waals surface area contributed by atoms with Crippen molar-refractivity contribution in [2.45, 2.75) is 32.3 Å². The highest BCUT2D eigenvalue weighted by Gasteiger charge is 2.18. The lowest BCUT2D eigenvalue weighted by Gasteiger charge is -2.16. The van der Waals surface area contributed by atoms with Gasteiger partial charge in [0.15, 0.2) is 11.5 Å². The first kappa shape index (κ1) is 19.1. The molecule has 25 heavy (non-hydrogen) atoms. The van der Waals surface area contributed by atoms with Gasteiger partial charge in [0, 0.05) is 11.6 Å². The van der Waals surface area contributed by atoms with Crippen LogP contribution in [0.15, 0.2) is 36.4 Å². The third-order valence-corrected chi connectivity index (χ3v) is 4.01. The Hall–Kier alpha value is -2.27. The molecular weight excluding hydrogens is 323 g/mol. The highest BCUT2D eigenvalue weighted by Crippen LogP contribution is 2.33. The van der Waals surface area contributed by atoms with Crippen molar-refractivity contribution in [1.29, 1.82) is 0 Å². The summed E-state index contributed by atoms with van der Waals surface area (Å²) in [4.78, 5) is 0. The molecule has 0 saturated heterocycles. The molecule has 0 aliphatic carbocycles. The number of halogens is 1. The minimum atomic E-state index is -1.10. The van der Waals surface area contributed by atoms with Crippen molar-refractivity contribution in [3.05, 3.63) is 53.3 Å². The minimum Gasteiger partial charge on any atom is -0.493 e. The van der Waals surface area contributed by atoms with Crippen molar-refractivity contribution in [3.63, 3.8) is 0 Å². The summed E-state index contributed by atoms with van der Waals surface area (Å²) in [6.07, 6.45) is 2.02. The Morgan fingerprint density at radius 3 is 2.40 bits per heavy atom. The number of unbranched alkanes of at least 4 members (excludes halogenated alkanes) is 2. The second-order valence-corrected chi connectivity index (χ2v) is 5.76. The Morgan fingerprint density at radius 2 is 1.76 bits per heavy atom. The first-order chi connectivity index (χ1) is 12.1. The molecule has 0 radical (unpaired) electrons. The summed E-state index contributed by atoms with van der Waals surface area (Å²) in [6.45, 7) is 2.68. The van der Waals surface area contributed by atoms with E-state index in [1.807, 2.05) is 0 Å². The van der Waals surface area contributed by atoms with E-state index in [-0.39, 0.29) is 5.56 Å². The molecule has 0 aliphatic rings. The van der Waals surface area contributed by atoms with Crippen LogP contribution in [0.2, 0.25) is 0 Å². The van der Waals surface area contributed by atoms with Crippen LogP contribution in [-0.4, -0.2) is 25.9 Å². The van der Waals surface area contributed by atoms with Gasteiger partial charge in [-0.1, -0.05) is 25.8 Å². The normalized spacial score (nSPS) is 11.9. The van der Waals surface area contributed by atoms with Crippen molar-refractivity contribution in [2.24, 2.45) is 0 Å². The monoisotopic (exact) mass is 348 g/mol. The fraction of sp³-hybridized carbons (Fsp3) is 0.400. The van der Waals surface area contributed by atoms with E-state index in [9.17, 15) is 9.50 Å². The Bertz CT molecular complexity index is 687. The zero-order valence-electron chi connectivity index (χ0n) is 14.9. The van der Waals surface area contributed by atoms with E-state index >= 15 is 0 Å². The number of hydrogen-bond acceptors (Lipinski definition) is 4. The van der Waals surface area contributed by atoms with Gasteiger partial charge in [-0.15, -0.1) is 0 Å². The number of ether oxygens (including phenoxy) is 3. The molecule has 0 bridgehead atoms. The van der Waals surface area contributed by atoms with Gasteiger partial charge in [0.1, 0.15) is 17.7 Å². The lowest BCUT2D eigenvalue weighted by molar-refractivity contribution is 0.213. The summed E-state index contributed by atoms with van der Waals surface area (Å²) in [7, 11) is 3.05. The fourth-order valence-electron chi connectivity index (χ4n) is 2.56. The molecule has 2 rings (SSSR count). The number of hydrogen-bond donors (Lipinski definition) is 1. The topological polar surface area (TPSA) is 47.9 Å². The maximum absolute atomic E-state index is 14.4. The SMILES string of the molecule is CCCCCOc1ccc(C(O)c2ccc(OC)c(OC)c2)c(F)c1.